The Morgan fingerprint density at radius 1 is 1.10 bits per heavy atom. The van der Waals surface area contributed by atoms with Crippen LogP contribution in [0, 0.1) is 0 Å². The lowest BCUT2D eigenvalue weighted by Crippen LogP contribution is -2.11. The van der Waals surface area contributed by atoms with Crippen molar-refractivity contribution in [3.05, 3.63) is 41.6 Å². The van der Waals surface area contributed by atoms with E-state index in [1.54, 1.807) is 0 Å². The van der Waals surface area contributed by atoms with Crippen molar-refractivity contribution in [3.8, 4) is 11.4 Å². The number of hydrogen-bond donors (Lipinski definition) is 0. The molecule has 102 valence electrons. The Morgan fingerprint density at radius 3 is 2.60 bits per heavy atom. The topological polar surface area (TPSA) is 56.0 Å². The number of fused-ring (bicyclic) bond motifs is 1. The molecule has 0 radical (unpaired) electrons. The van der Waals surface area contributed by atoms with Crippen molar-refractivity contribution in [3.63, 3.8) is 0 Å². The van der Waals surface area contributed by atoms with E-state index < -0.39 is 11.9 Å². The smallest absolute Gasteiger partial charge is 0.235 e. The molecular weight excluding hydrogens is 295 g/mol. The van der Waals surface area contributed by atoms with Gasteiger partial charge in [0.2, 0.25) is 0 Å². The largest absolute Gasteiger partial charge is 0.435 e. The highest BCUT2D eigenvalue weighted by Crippen LogP contribution is 2.28. The molecule has 3 heterocycles. The molecule has 0 aliphatic heterocycles. The predicted octanol–water partition coefficient (Wildman–Crippen LogP) is 2.86. The van der Waals surface area contributed by atoms with E-state index in [0.29, 0.717) is 11.4 Å². The summed E-state index contributed by atoms with van der Waals surface area (Å²) in [4.78, 5) is 11.6. The summed E-state index contributed by atoms with van der Waals surface area (Å²) in [5, 5.41) is 3.72. The number of alkyl halides is 3. The van der Waals surface area contributed by atoms with Gasteiger partial charge in [0, 0.05) is 6.07 Å². The molecule has 3 rings (SSSR count). The number of halogens is 4. The second kappa shape index (κ2) is 4.41. The third-order valence-corrected chi connectivity index (χ3v) is 2.76. The molecule has 9 heteroatoms. The van der Waals surface area contributed by atoms with E-state index in [9.17, 15) is 13.2 Å². The second-order valence-electron chi connectivity index (χ2n) is 3.86. The van der Waals surface area contributed by atoms with Gasteiger partial charge >= 0.3 is 6.18 Å². The number of imidazole rings is 1. The summed E-state index contributed by atoms with van der Waals surface area (Å²) >= 11 is 5.74. The summed E-state index contributed by atoms with van der Waals surface area (Å²) < 4.78 is 39.1. The van der Waals surface area contributed by atoms with Crippen LogP contribution in [-0.4, -0.2) is 24.6 Å². The Labute approximate surface area is 115 Å². The molecule has 0 bridgehead atoms. The normalized spacial score (nSPS) is 12.0. The van der Waals surface area contributed by atoms with Crippen LogP contribution in [0.2, 0.25) is 5.15 Å². The molecule has 0 saturated heterocycles. The molecule has 0 fully saturated rings. The molecule has 0 N–H and O–H groups in total. The van der Waals surface area contributed by atoms with Gasteiger partial charge in [0.15, 0.2) is 11.3 Å². The van der Waals surface area contributed by atoms with Gasteiger partial charge in [-0.2, -0.15) is 18.3 Å². The van der Waals surface area contributed by atoms with Crippen molar-refractivity contribution in [1.29, 1.82) is 0 Å². The molecular formula is C11H5ClF3N5. The fourth-order valence-electron chi connectivity index (χ4n) is 1.67. The first kappa shape index (κ1) is 12.8. The lowest BCUT2D eigenvalue weighted by Gasteiger charge is -2.06. The maximum Gasteiger partial charge on any atom is 0.435 e. The van der Waals surface area contributed by atoms with Gasteiger partial charge in [0.05, 0.1) is 11.9 Å². The number of rotatable bonds is 1. The van der Waals surface area contributed by atoms with Crippen molar-refractivity contribution >= 4 is 17.2 Å². The molecule has 0 atom stereocenters. The van der Waals surface area contributed by atoms with Crippen LogP contribution >= 0.6 is 11.6 Å². The van der Waals surface area contributed by atoms with E-state index in [0.717, 1.165) is 10.6 Å². The Bertz CT molecular complexity index is 783. The van der Waals surface area contributed by atoms with Crippen LogP contribution < -0.4 is 0 Å². The lowest BCUT2D eigenvalue weighted by atomic mass is 10.3. The third kappa shape index (κ3) is 2.18. The molecule has 20 heavy (non-hydrogen) atoms. The highest BCUT2D eigenvalue weighted by Gasteiger charge is 2.33. The van der Waals surface area contributed by atoms with E-state index in [-0.39, 0.29) is 10.8 Å². The fourth-order valence-corrected chi connectivity index (χ4v) is 1.82. The zero-order valence-corrected chi connectivity index (χ0v) is 10.4. The van der Waals surface area contributed by atoms with Crippen molar-refractivity contribution < 1.29 is 13.2 Å². The van der Waals surface area contributed by atoms with Crippen molar-refractivity contribution in [2.75, 3.05) is 0 Å². The fraction of sp³-hybridized carbons (Fsp3) is 0.0909. The molecule has 0 saturated carbocycles. The Morgan fingerprint density at radius 2 is 1.90 bits per heavy atom. The first-order chi connectivity index (χ1) is 9.45. The summed E-state index contributed by atoms with van der Waals surface area (Å²) in [5.74, 6) is 0. The van der Waals surface area contributed by atoms with Gasteiger partial charge in [0.1, 0.15) is 17.2 Å². The quantitative estimate of drug-likeness (QED) is 0.648. The zero-order valence-electron chi connectivity index (χ0n) is 9.63. The van der Waals surface area contributed by atoms with Gasteiger partial charge in [-0.1, -0.05) is 11.6 Å². The summed E-state index contributed by atoms with van der Waals surface area (Å²) in [7, 11) is 0. The molecule has 5 nitrogen and oxygen atoms in total. The molecule has 0 amide bonds. The first-order valence-corrected chi connectivity index (χ1v) is 5.73. The molecule has 0 aromatic carbocycles. The van der Waals surface area contributed by atoms with Crippen LogP contribution in [0.1, 0.15) is 5.69 Å². The summed E-state index contributed by atoms with van der Waals surface area (Å²) in [6.07, 6.45) is -1.94. The van der Waals surface area contributed by atoms with Crippen LogP contribution in [0.3, 0.4) is 0 Å². The minimum absolute atomic E-state index is 0.178. The second-order valence-corrected chi connectivity index (χ2v) is 4.24. The zero-order chi connectivity index (χ0) is 14.3. The average Bonchev–Trinajstić information content (AvgIpc) is 2.80. The Balaban J connectivity index is 2.22. The van der Waals surface area contributed by atoms with Crippen LogP contribution in [0.25, 0.3) is 17.0 Å². The Hall–Kier alpha value is -2.22. The van der Waals surface area contributed by atoms with Crippen molar-refractivity contribution in [2.24, 2.45) is 0 Å². The van der Waals surface area contributed by atoms with E-state index in [2.05, 4.69) is 20.1 Å². The first-order valence-electron chi connectivity index (χ1n) is 5.35. The summed E-state index contributed by atoms with van der Waals surface area (Å²) in [6.45, 7) is 0. The highest BCUT2D eigenvalue weighted by atomic mass is 35.5. The monoisotopic (exact) mass is 299 g/mol. The molecule has 0 unspecified atom stereocenters. The SMILES string of the molecule is FC(F)(F)c1ccc2ncc(-c3cc(Cl)ncn3)n2n1. The van der Waals surface area contributed by atoms with Crippen LogP contribution in [0.4, 0.5) is 13.2 Å². The van der Waals surface area contributed by atoms with Crippen molar-refractivity contribution in [2.45, 2.75) is 6.18 Å². The highest BCUT2D eigenvalue weighted by molar-refractivity contribution is 6.29. The minimum atomic E-state index is -4.53. The maximum absolute atomic E-state index is 12.7. The third-order valence-electron chi connectivity index (χ3n) is 2.55. The van der Waals surface area contributed by atoms with E-state index in [1.165, 1.54) is 24.7 Å². The minimum Gasteiger partial charge on any atom is -0.235 e. The van der Waals surface area contributed by atoms with E-state index in [4.69, 9.17) is 11.6 Å². The molecule has 3 aromatic rings. The standard InChI is InChI=1S/C11H5ClF3N5/c12-9-3-6(17-5-18-9)7-4-16-10-2-1-8(11(13,14)15)19-20(7)10/h1-5H. The molecule has 0 aliphatic rings. The average molecular weight is 300 g/mol. The van der Waals surface area contributed by atoms with Crippen LogP contribution in [0.15, 0.2) is 30.7 Å². The van der Waals surface area contributed by atoms with Gasteiger partial charge in [-0.25, -0.2) is 19.5 Å². The van der Waals surface area contributed by atoms with E-state index >= 15 is 0 Å². The molecule has 3 aromatic heterocycles. The van der Waals surface area contributed by atoms with Gasteiger partial charge in [0.25, 0.3) is 0 Å². The Kier molecular flexibility index (Phi) is 2.82. The van der Waals surface area contributed by atoms with Crippen LogP contribution in [0.5, 0.6) is 0 Å². The number of aromatic nitrogens is 5. The van der Waals surface area contributed by atoms with Gasteiger partial charge in [-0.3, -0.25) is 0 Å². The predicted molar refractivity (Wildman–Crippen MR) is 64.0 cm³/mol. The summed E-state index contributed by atoms with van der Waals surface area (Å²) in [5.41, 5.74) is -0.0909. The maximum atomic E-state index is 12.7. The molecule has 0 aliphatic carbocycles. The lowest BCUT2D eigenvalue weighted by molar-refractivity contribution is -0.141. The van der Waals surface area contributed by atoms with E-state index in [1.807, 2.05) is 0 Å². The van der Waals surface area contributed by atoms with Gasteiger partial charge < -0.3 is 0 Å². The number of nitrogens with zero attached hydrogens (tertiary/aromatic N) is 5. The van der Waals surface area contributed by atoms with Crippen molar-refractivity contribution in [1.82, 2.24) is 24.6 Å². The number of hydrogen-bond acceptors (Lipinski definition) is 4. The molecule has 0 spiro atoms. The van der Waals surface area contributed by atoms with Crippen LogP contribution in [-0.2, 0) is 6.18 Å². The summed E-state index contributed by atoms with van der Waals surface area (Å²) in [6, 6.07) is 3.54. The van der Waals surface area contributed by atoms with Gasteiger partial charge in [-0.15, -0.1) is 0 Å². The van der Waals surface area contributed by atoms with Gasteiger partial charge in [-0.05, 0) is 12.1 Å².